The highest BCUT2D eigenvalue weighted by Crippen LogP contribution is 2.29. The van der Waals surface area contributed by atoms with Gasteiger partial charge in [0.25, 0.3) is 0 Å². The minimum absolute atomic E-state index is 0.0161. The summed E-state index contributed by atoms with van der Waals surface area (Å²) in [6, 6.07) is 0. The molecular weight excluding hydrogens is 479 g/mol. The number of hydrogen-bond acceptors (Lipinski definition) is 5. The molecule has 0 bridgehead atoms. The largest absolute Gasteiger partial charge is 0.419 e. The highest BCUT2D eigenvalue weighted by Gasteiger charge is 2.28. The predicted octanol–water partition coefficient (Wildman–Crippen LogP) is 3.62. The summed E-state index contributed by atoms with van der Waals surface area (Å²) in [5.74, 6) is -16.4. The highest BCUT2D eigenvalue weighted by molar-refractivity contribution is 5.89. The Hall–Kier alpha value is -3.05. The van der Waals surface area contributed by atoms with E-state index in [9.17, 15) is 41.1 Å². The van der Waals surface area contributed by atoms with Crippen LogP contribution in [0.1, 0.15) is 64.2 Å². The molecule has 0 aliphatic heterocycles. The Morgan fingerprint density at radius 1 is 0.657 bits per heavy atom. The molecule has 35 heavy (non-hydrogen) atoms. The molecule has 1 aromatic carbocycles. The van der Waals surface area contributed by atoms with E-state index in [1.807, 2.05) is 5.32 Å². The molecule has 2 N–H and O–H groups in total. The van der Waals surface area contributed by atoms with Crippen LogP contribution in [0.2, 0.25) is 0 Å². The number of nitrogens with one attached hydrogen (secondary N) is 2. The van der Waals surface area contributed by atoms with E-state index in [0.29, 0.717) is 0 Å². The second-order valence-electron chi connectivity index (χ2n) is 8.29. The number of carbonyl (C=O) groups is 4. The summed E-state index contributed by atoms with van der Waals surface area (Å²) >= 11 is 0. The van der Waals surface area contributed by atoms with E-state index in [-0.39, 0.29) is 24.5 Å². The van der Waals surface area contributed by atoms with E-state index in [2.05, 4.69) is 10.1 Å². The van der Waals surface area contributed by atoms with Crippen molar-refractivity contribution >= 4 is 23.6 Å². The number of halogens is 5. The number of ketones is 1. The van der Waals surface area contributed by atoms with Crippen LogP contribution in [-0.4, -0.2) is 36.7 Å². The Morgan fingerprint density at radius 2 is 1.14 bits per heavy atom. The molecular formula is C23H27F5N2O5. The molecule has 0 spiro atoms. The van der Waals surface area contributed by atoms with Crippen LogP contribution in [0.5, 0.6) is 5.75 Å². The van der Waals surface area contributed by atoms with Crippen molar-refractivity contribution in [3.05, 3.63) is 29.1 Å². The van der Waals surface area contributed by atoms with Crippen LogP contribution in [-0.2, 0) is 19.2 Å². The molecule has 1 fully saturated rings. The molecule has 7 nitrogen and oxygen atoms in total. The summed E-state index contributed by atoms with van der Waals surface area (Å²) in [4.78, 5) is 47.8. The lowest BCUT2D eigenvalue weighted by molar-refractivity contribution is -0.136. The zero-order valence-electron chi connectivity index (χ0n) is 19.0. The Labute approximate surface area is 198 Å². The van der Waals surface area contributed by atoms with Gasteiger partial charge in [-0.15, -0.1) is 0 Å². The van der Waals surface area contributed by atoms with E-state index in [0.717, 1.165) is 38.5 Å². The molecule has 194 valence electrons. The minimum atomic E-state index is -2.41. The van der Waals surface area contributed by atoms with Gasteiger partial charge in [-0.2, -0.15) is 8.78 Å². The standard InChI is InChI=1S/C23H27F5N2O5/c24-18-19(25)21(27)23(22(28)20(18)26)35-17(34)12-30-16(33)11-29-15(32)10-9-14(31)13-7-5-3-1-2-4-6-8-13/h13H,1-12H2,(H,29,32)(H,30,33). The molecule has 0 aromatic heterocycles. The van der Waals surface area contributed by atoms with Crippen molar-refractivity contribution in [3.8, 4) is 5.75 Å². The zero-order chi connectivity index (χ0) is 26.0. The average Bonchev–Trinajstić information content (AvgIpc) is 2.99. The van der Waals surface area contributed by atoms with Crippen molar-refractivity contribution in [2.75, 3.05) is 13.1 Å². The van der Waals surface area contributed by atoms with Gasteiger partial charge in [0.2, 0.25) is 46.6 Å². The highest BCUT2D eigenvalue weighted by atomic mass is 19.2. The molecule has 0 saturated heterocycles. The van der Waals surface area contributed by atoms with Gasteiger partial charge in [0, 0.05) is 18.8 Å². The number of benzene rings is 1. The first-order valence-electron chi connectivity index (χ1n) is 11.4. The first kappa shape index (κ1) is 28.2. The normalized spacial score (nSPS) is 14.9. The van der Waals surface area contributed by atoms with Crippen molar-refractivity contribution in [2.24, 2.45) is 5.92 Å². The summed E-state index contributed by atoms with van der Waals surface area (Å²) < 4.78 is 70.4. The molecule has 12 heteroatoms. The lowest BCUT2D eigenvalue weighted by Crippen LogP contribution is -2.40. The van der Waals surface area contributed by atoms with Crippen molar-refractivity contribution in [1.29, 1.82) is 0 Å². The summed E-state index contributed by atoms with van der Waals surface area (Å²) in [5, 5.41) is 4.24. The molecule has 0 heterocycles. The molecule has 0 atom stereocenters. The number of rotatable bonds is 9. The van der Waals surface area contributed by atoms with Gasteiger partial charge in [0.05, 0.1) is 6.54 Å². The fourth-order valence-electron chi connectivity index (χ4n) is 3.72. The van der Waals surface area contributed by atoms with Crippen LogP contribution in [0, 0.1) is 35.0 Å². The van der Waals surface area contributed by atoms with Crippen LogP contribution in [0.3, 0.4) is 0 Å². The van der Waals surface area contributed by atoms with Gasteiger partial charge in [-0.1, -0.05) is 38.5 Å². The third-order valence-corrected chi connectivity index (χ3v) is 5.67. The lowest BCUT2D eigenvalue weighted by atomic mass is 9.90. The van der Waals surface area contributed by atoms with Gasteiger partial charge in [-0.05, 0) is 12.8 Å². The lowest BCUT2D eigenvalue weighted by Gasteiger charge is -2.14. The smallest absolute Gasteiger partial charge is 0.331 e. The van der Waals surface area contributed by atoms with Crippen LogP contribution in [0.15, 0.2) is 0 Å². The Morgan fingerprint density at radius 3 is 1.71 bits per heavy atom. The third-order valence-electron chi connectivity index (χ3n) is 5.67. The first-order valence-corrected chi connectivity index (χ1v) is 11.4. The summed E-state index contributed by atoms with van der Waals surface area (Å²) in [7, 11) is 0. The fraction of sp³-hybridized carbons (Fsp3) is 0.565. The van der Waals surface area contributed by atoms with Crippen LogP contribution >= 0.6 is 0 Å². The van der Waals surface area contributed by atoms with Crippen molar-refractivity contribution in [2.45, 2.75) is 64.2 Å². The van der Waals surface area contributed by atoms with Crippen molar-refractivity contribution in [1.82, 2.24) is 10.6 Å². The first-order chi connectivity index (χ1) is 16.6. The third kappa shape index (κ3) is 8.59. The topological polar surface area (TPSA) is 102 Å². The van der Waals surface area contributed by atoms with Crippen molar-refractivity contribution < 1.29 is 45.9 Å². The Kier molecular flexibility index (Phi) is 11.1. The van der Waals surface area contributed by atoms with Crippen LogP contribution in [0.4, 0.5) is 22.0 Å². The Balaban J connectivity index is 1.71. The van der Waals surface area contributed by atoms with E-state index in [1.54, 1.807) is 0 Å². The second-order valence-corrected chi connectivity index (χ2v) is 8.29. The van der Waals surface area contributed by atoms with Gasteiger partial charge < -0.3 is 15.4 Å². The maximum Gasteiger partial charge on any atom is 0.331 e. The van der Waals surface area contributed by atoms with E-state index >= 15 is 0 Å². The molecule has 0 radical (unpaired) electrons. The molecule has 2 amide bonds. The second kappa shape index (κ2) is 13.7. The quantitative estimate of drug-likeness (QED) is 0.175. The molecule has 0 unspecified atom stereocenters. The average molecular weight is 506 g/mol. The maximum absolute atomic E-state index is 13.5. The number of amides is 2. The molecule has 2 rings (SSSR count). The predicted molar refractivity (Wildman–Crippen MR) is 113 cm³/mol. The molecule has 1 aliphatic rings. The van der Waals surface area contributed by atoms with Crippen LogP contribution in [0.25, 0.3) is 0 Å². The number of ether oxygens (including phenoxy) is 1. The Bertz CT molecular complexity index is 918. The number of carbonyl (C=O) groups excluding carboxylic acids is 4. The maximum atomic E-state index is 13.5. The van der Waals surface area contributed by atoms with Gasteiger partial charge in [-0.3, -0.25) is 14.4 Å². The van der Waals surface area contributed by atoms with Gasteiger partial charge in [-0.25, -0.2) is 18.0 Å². The summed E-state index contributed by atoms with van der Waals surface area (Å²) in [6.07, 6.45) is 8.04. The number of Topliss-reactive ketones (excluding diaryl/α,β-unsaturated/α-hetero) is 1. The summed E-state index contributed by atoms with van der Waals surface area (Å²) in [6.45, 7) is -1.53. The molecule has 1 aromatic rings. The molecule has 1 saturated carbocycles. The summed E-state index contributed by atoms with van der Waals surface area (Å²) in [5.41, 5.74) is 0. The van der Waals surface area contributed by atoms with Gasteiger partial charge in [0.1, 0.15) is 12.3 Å². The van der Waals surface area contributed by atoms with Crippen LogP contribution < -0.4 is 15.4 Å². The van der Waals surface area contributed by atoms with Gasteiger partial charge >= 0.3 is 5.97 Å². The van der Waals surface area contributed by atoms with E-state index in [4.69, 9.17) is 0 Å². The zero-order valence-corrected chi connectivity index (χ0v) is 19.0. The minimum Gasteiger partial charge on any atom is -0.419 e. The van der Waals surface area contributed by atoms with E-state index < -0.39 is 65.7 Å². The fourth-order valence-corrected chi connectivity index (χ4v) is 3.72. The van der Waals surface area contributed by atoms with Crippen molar-refractivity contribution in [3.63, 3.8) is 0 Å². The van der Waals surface area contributed by atoms with E-state index in [1.165, 1.54) is 12.8 Å². The number of hydrogen-bond donors (Lipinski definition) is 2. The molecule has 1 aliphatic carbocycles. The number of esters is 1. The monoisotopic (exact) mass is 506 g/mol. The SMILES string of the molecule is O=C(CCC(=O)C1CCCCCCCC1)NCC(=O)NCC(=O)Oc1c(F)c(F)c(F)c(F)c1F. The van der Waals surface area contributed by atoms with Gasteiger partial charge in [0.15, 0.2) is 0 Å².